The Morgan fingerprint density at radius 2 is 2.00 bits per heavy atom. The van der Waals surface area contributed by atoms with E-state index in [9.17, 15) is 0 Å². The smallest absolute Gasteiger partial charge is 0.154 e. The Bertz CT molecular complexity index is 449. The van der Waals surface area contributed by atoms with Gasteiger partial charge in [-0.05, 0) is 37.1 Å². The van der Waals surface area contributed by atoms with E-state index in [0.29, 0.717) is 5.82 Å². The summed E-state index contributed by atoms with van der Waals surface area (Å²) in [6, 6.07) is 3.68. The van der Waals surface area contributed by atoms with Crippen molar-refractivity contribution in [1.29, 1.82) is 0 Å². The number of nitrogens with two attached hydrogens (primary N) is 1. The maximum absolute atomic E-state index is 5.64. The Morgan fingerprint density at radius 3 is 2.64 bits per heavy atom. The van der Waals surface area contributed by atoms with Crippen molar-refractivity contribution >= 4 is 5.82 Å². The van der Waals surface area contributed by atoms with Crippen molar-refractivity contribution in [2.24, 2.45) is 0 Å². The van der Waals surface area contributed by atoms with Gasteiger partial charge in [0, 0.05) is 0 Å². The van der Waals surface area contributed by atoms with Crippen molar-refractivity contribution in [2.75, 3.05) is 5.73 Å². The van der Waals surface area contributed by atoms with E-state index in [1.165, 1.54) is 0 Å². The molecule has 0 amide bonds. The second kappa shape index (κ2) is 3.14. The van der Waals surface area contributed by atoms with Crippen molar-refractivity contribution < 1.29 is 4.42 Å². The van der Waals surface area contributed by atoms with Crippen molar-refractivity contribution in [3.63, 3.8) is 0 Å². The molecule has 0 aliphatic rings. The van der Waals surface area contributed by atoms with Gasteiger partial charge in [-0.2, -0.15) is 0 Å². The lowest BCUT2D eigenvalue weighted by molar-refractivity contribution is 0.578. The zero-order valence-corrected chi connectivity index (χ0v) is 8.11. The van der Waals surface area contributed by atoms with Crippen molar-refractivity contribution in [3.8, 4) is 11.5 Å². The second-order valence-electron chi connectivity index (χ2n) is 3.16. The van der Waals surface area contributed by atoms with Gasteiger partial charge < -0.3 is 10.2 Å². The number of anilines is 1. The Morgan fingerprint density at radius 1 is 1.21 bits per heavy atom. The zero-order chi connectivity index (χ0) is 10.1. The molecule has 14 heavy (non-hydrogen) atoms. The van der Waals surface area contributed by atoms with Gasteiger partial charge in [0.2, 0.25) is 0 Å². The van der Waals surface area contributed by atoms with Crippen LogP contribution in [0.1, 0.15) is 11.1 Å². The van der Waals surface area contributed by atoms with E-state index >= 15 is 0 Å². The lowest BCUT2D eigenvalue weighted by Crippen LogP contribution is -2.01. The van der Waals surface area contributed by atoms with E-state index in [2.05, 4.69) is 10.2 Å². The summed E-state index contributed by atoms with van der Waals surface area (Å²) in [5.74, 6) is 1.19. The predicted molar refractivity (Wildman–Crippen MR) is 53.6 cm³/mol. The molecule has 72 valence electrons. The standard InChI is InChI=1S/C10H11N3O/c1-6-7(2)10(11)13-12-9(6)8-4-3-5-14-8/h3-5H,1-2H3,(H2,11,13). The van der Waals surface area contributed by atoms with Crippen LogP contribution in [0.4, 0.5) is 5.82 Å². The van der Waals surface area contributed by atoms with E-state index in [1.54, 1.807) is 6.26 Å². The highest BCUT2D eigenvalue weighted by Gasteiger charge is 2.10. The molecule has 0 bridgehead atoms. The maximum Gasteiger partial charge on any atom is 0.154 e. The molecule has 2 rings (SSSR count). The normalized spacial score (nSPS) is 10.4. The minimum atomic E-state index is 0.470. The maximum atomic E-state index is 5.64. The molecule has 0 aromatic carbocycles. The Kier molecular flexibility index (Phi) is 1.96. The summed E-state index contributed by atoms with van der Waals surface area (Å²) >= 11 is 0. The number of nitrogens with zero attached hydrogens (tertiary/aromatic N) is 2. The highest BCUT2D eigenvalue weighted by atomic mass is 16.3. The number of rotatable bonds is 1. The summed E-state index contributed by atoms with van der Waals surface area (Å²) in [6.07, 6.45) is 1.61. The van der Waals surface area contributed by atoms with Crippen LogP contribution in [-0.4, -0.2) is 10.2 Å². The Hall–Kier alpha value is -1.84. The third-order valence-electron chi connectivity index (χ3n) is 2.31. The third-order valence-corrected chi connectivity index (χ3v) is 2.31. The minimum Gasteiger partial charge on any atom is -0.463 e. The van der Waals surface area contributed by atoms with Gasteiger partial charge in [0.05, 0.1) is 6.26 Å². The number of aromatic nitrogens is 2. The van der Waals surface area contributed by atoms with Gasteiger partial charge in [-0.3, -0.25) is 0 Å². The molecule has 0 saturated carbocycles. The molecular formula is C10H11N3O. The lowest BCUT2D eigenvalue weighted by atomic mass is 10.1. The summed E-state index contributed by atoms with van der Waals surface area (Å²) < 4.78 is 5.25. The van der Waals surface area contributed by atoms with Crippen LogP contribution < -0.4 is 5.73 Å². The summed E-state index contributed by atoms with van der Waals surface area (Å²) in [4.78, 5) is 0. The molecule has 2 aromatic rings. The van der Waals surface area contributed by atoms with E-state index in [-0.39, 0.29) is 0 Å². The van der Waals surface area contributed by atoms with Gasteiger partial charge in [0.25, 0.3) is 0 Å². The van der Waals surface area contributed by atoms with Gasteiger partial charge in [0.1, 0.15) is 11.5 Å². The van der Waals surface area contributed by atoms with Gasteiger partial charge in [-0.1, -0.05) is 0 Å². The van der Waals surface area contributed by atoms with Crippen LogP contribution in [-0.2, 0) is 0 Å². The third kappa shape index (κ3) is 1.25. The van der Waals surface area contributed by atoms with E-state index in [1.807, 2.05) is 26.0 Å². The summed E-state index contributed by atoms with van der Waals surface area (Å²) in [5, 5.41) is 7.88. The monoisotopic (exact) mass is 189 g/mol. The molecule has 0 aliphatic heterocycles. The van der Waals surface area contributed by atoms with Crippen LogP contribution >= 0.6 is 0 Å². The summed E-state index contributed by atoms with van der Waals surface area (Å²) in [6.45, 7) is 3.88. The Labute approximate surface area is 81.8 Å². The van der Waals surface area contributed by atoms with Crippen molar-refractivity contribution in [1.82, 2.24) is 10.2 Å². The van der Waals surface area contributed by atoms with Crippen molar-refractivity contribution in [2.45, 2.75) is 13.8 Å². The van der Waals surface area contributed by atoms with E-state index in [4.69, 9.17) is 10.2 Å². The highest BCUT2D eigenvalue weighted by Crippen LogP contribution is 2.24. The van der Waals surface area contributed by atoms with E-state index < -0.39 is 0 Å². The van der Waals surface area contributed by atoms with Gasteiger partial charge >= 0.3 is 0 Å². The molecule has 4 nitrogen and oxygen atoms in total. The molecule has 2 N–H and O–H groups in total. The number of hydrogen-bond donors (Lipinski definition) is 1. The topological polar surface area (TPSA) is 64.9 Å². The molecule has 0 aliphatic carbocycles. The first kappa shape index (κ1) is 8.74. The first-order valence-electron chi connectivity index (χ1n) is 4.33. The number of furan rings is 1. The van der Waals surface area contributed by atoms with Crippen LogP contribution in [0.25, 0.3) is 11.5 Å². The lowest BCUT2D eigenvalue weighted by Gasteiger charge is -2.05. The first-order chi connectivity index (χ1) is 6.70. The molecule has 0 fully saturated rings. The van der Waals surface area contributed by atoms with Gasteiger partial charge in [-0.15, -0.1) is 10.2 Å². The largest absolute Gasteiger partial charge is 0.463 e. The highest BCUT2D eigenvalue weighted by molar-refractivity contribution is 5.61. The van der Waals surface area contributed by atoms with Crippen molar-refractivity contribution in [3.05, 3.63) is 29.5 Å². The summed E-state index contributed by atoms with van der Waals surface area (Å²) in [5.41, 5.74) is 8.35. The quantitative estimate of drug-likeness (QED) is 0.744. The molecular weight excluding hydrogens is 178 g/mol. The van der Waals surface area contributed by atoms with Crippen LogP contribution in [0, 0.1) is 13.8 Å². The van der Waals surface area contributed by atoms with Gasteiger partial charge in [0.15, 0.2) is 5.76 Å². The van der Waals surface area contributed by atoms with Gasteiger partial charge in [-0.25, -0.2) is 0 Å². The average molecular weight is 189 g/mol. The van der Waals surface area contributed by atoms with Crippen LogP contribution in [0.5, 0.6) is 0 Å². The fourth-order valence-electron chi connectivity index (χ4n) is 1.27. The fourth-order valence-corrected chi connectivity index (χ4v) is 1.27. The van der Waals surface area contributed by atoms with Crippen LogP contribution in [0.2, 0.25) is 0 Å². The van der Waals surface area contributed by atoms with E-state index in [0.717, 1.165) is 22.6 Å². The fraction of sp³-hybridized carbons (Fsp3) is 0.200. The number of hydrogen-bond acceptors (Lipinski definition) is 4. The first-order valence-corrected chi connectivity index (χ1v) is 4.33. The second-order valence-corrected chi connectivity index (χ2v) is 3.16. The number of nitrogen functional groups attached to an aromatic ring is 1. The molecule has 0 radical (unpaired) electrons. The van der Waals surface area contributed by atoms with Crippen LogP contribution in [0.3, 0.4) is 0 Å². The Balaban J connectivity index is 2.61. The molecule has 0 saturated heterocycles. The molecule has 2 aromatic heterocycles. The molecule has 2 heterocycles. The molecule has 0 atom stereocenters. The molecule has 0 unspecified atom stereocenters. The SMILES string of the molecule is Cc1c(N)nnc(-c2ccco2)c1C. The predicted octanol–water partition coefficient (Wildman–Crippen LogP) is 1.94. The molecule has 0 spiro atoms. The summed E-state index contributed by atoms with van der Waals surface area (Å²) in [7, 11) is 0. The molecule has 4 heteroatoms. The minimum absolute atomic E-state index is 0.470. The van der Waals surface area contributed by atoms with Crippen LogP contribution in [0.15, 0.2) is 22.8 Å². The zero-order valence-electron chi connectivity index (χ0n) is 8.11. The average Bonchev–Trinajstić information content (AvgIpc) is 2.67.